The first-order valence-corrected chi connectivity index (χ1v) is 13.8. The van der Waals surface area contributed by atoms with E-state index in [0.717, 1.165) is 16.7 Å². The van der Waals surface area contributed by atoms with Gasteiger partial charge >= 0.3 is 11.9 Å². The van der Waals surface area contributed by atoms with Crippen LogP contribution in [0.15, 0.2) is 89.5 Å². The molecule has 10 heteroatoms. The summed E-state index contributed by atoms with van der Waals surface area (Å²) in [5.41, 5.74) is 1.98. The summed E-state index contributed by atoms with van der Waals surface area (Å²) in [7, 11) is 0. The second-order valence-electron chi connectivity index (χ2n) is 10.6. The minimum atomic E-state index is -1.68. The number of rotatable bonds is 10. The van der Waals surface area contributed by atoms with E-state index in [4.69, 9.17) is 9.26 Å². The zero-order valence-corrected chi connectivity index (χ0v) is 23.6. The normalized spacial score (nSPS) is 14.7. The number of aromatic nitrogens is 2. The molecule has 0 atom stereocenters. The van der Waals surface area contributed by atoms with Crippen molar-refractivity contribution in [3.63, 3.8) is 0 Å². The number of benzene rings is 3. The van der Waals surface area contributed by atoms with Crippen molar-refractivity contribution in [2.24, 2.45) is 5.41 Å². The number of carbonyl (C=O) groups excluding carboxylic acids is 2. The minimum absolute atomic E-state index is 0.0685. The molecule has 3 aromatic carbocycles. The van der Waals surface area contributed by atoms with Crippen molar-refractivity contribution >= 4 is 17.7 Å². The first kappa shape index (κ1) is 29.5. The van der Waals surface area contributed by atoms with E-state index in [9.17, 15) is 23.9 Å². The first-order chi connectivity index (χ1) is 20.7. The predicted molar refractivity (Wildman–Crippen MR) is 156 cm³/mol. The van der Waals surface area contributed by atoms with Gasteiger partial charge < -0.3 is 14.4 Å². The van der Waals surface area contributed by atoms with Crippen LogP contribution in [0.25, 0.3) is 34.0 Å². The number of likely N-dealkylation sites (tertiary alicyclic amines) is 1. The molecule has 1 fully saturated rings. The highest BCUT2D eigenvalue weighted by molar-refractivity contribution is 6.01. The third-order valence-electron chi connectivity index (χ3n) is 7.67. The van der Waals surface area contributed by atoms with Crippen LogP contribution < -0.4 is 0 Å². The molecule has 0 radical (unpaired) electrons. The van der Waals surface area contributed by atoms with Gasteiger partial charge in [0.15, 0.2) is 17.8 Å². The molecule has 1 N–H and O–H groups in total. The fraction of sp³-hybridized carbons (Fsp3) is 0.242. The molecular formula is C33H30FN3O6. The maximum absolute atomic E-state index is 14.8. The lowest BCUT2D eigenvalue weighted by Gasteiger charge is -2.37. The third kappa shape index (κ3) is 6.44. The molecular weight excluding hydrogens is 553 g/mol. The number of carboxylic acid groups (broad SMARTS) is 1. The van der Waals surface area contributed by atoms with Gasteiger partial charge in [-0.3, -0.25) is 19.3 Å². The van der Waals surface area contributed by atoms with Crippen LogP contribution in [0, 0.1) is 11.2 Å². The molecule has 0 spiro atoms. The highest BCUT2D eigenvalue weighted by atomic mass is 19.1. The Hall–Kier alpha value is -4.96. The number of aliphatic carboxylic acids is 1. The second-order valence-corrected chi connectivity index (χ2v) is 10.6. The van der Waals surface area contributed by atoms with Gasteiger partial charge in [0, 0.05) is 36.3 Å². The molecule has 1 aliphatic heterocycles. The summed E-state index contributed by atoms with van der Waals surface area (Å²) in [5, 5.41) is 13.9. The van der Waals surface area contributed by atoms with Crippen molar-refractivity contribution in [3.05, 3.63) is 96.3 Å². The Morgan fingerprint density at radius 2 is 1.67 bits per heavy atom. The maximum Gasteiger partial charge on any atom is 0.324 e. The van der Waals surface area contributed by atoms with Crippen LogP contribution in [0.5, 0.6) is 0 Å². The summed E-state index contributed by atoms with van der Waals surface area (Å²) in [6.45, 7) is 5.78. The fourth-order valence-electron chi connectivity index (χ4n) is 4.97. The van der Waals surface area contributed by atoms with Gasteiger partial charge in [-0.2, -0.15) is 4.98 Å². The Labute approximate surface area is 247 Å². The molecule has 43 heavy (non-hydrogen) atoms. The summed E-state index contributed by atoms with van der Waals surface area (Å²) >= 11 is 0. The number of halogens is 1. The molecule has 2 heterocycles. The van der Waals surface area contributed by atoms with Crippen molar-refractivity contribution in [3.8, 4) is 34.0 Å². The average Bonchev–Trinajstić information content (AvgIpc) is 3.51. The van der Waals surface area contributed by atoms with E-state index in [1.165, 1.54) is 13.0 Å². The summed E-state index contributed by atoms with van der Waals surface area (Å²) in [6, 6.07) is 21.6. The van der Waals surface area contributed by atoms with Crippen molar-refractivity contribution in [2.45, 2.75) is 26.3 Å². The van der Waals surface area contributed by atoms with E-state index in [-0.39, 0.29) is 30.1 Å². The van der Waals surface area contributed by atoms with E-state index in [1.807, 2.05) is 54.6 Å². The third-order valence-corrected chi connectivity index (χ3v) is 7.67. The average molecular weight is 584 g/mol. The fourth-order valence-corrected chi connectivity index (χ4v) is 4.97. The Balaban J connectivity index is 1.20. The maximum atomic E-state index is 14.8. The van der Waals surface area contributed by atoms with Crippen LogP contribution in [-0.4, -0.2) is 57.6 Å². The number of Topliss-reactive ketones (excluding diaryl/α,β-unsaturated/α-hetero) is 1. The Morgan fingerprint density at radius 3 is 2.30 bits per heavy atom. The number of hydrogen-bond acceptors (Lipinski definition) is 8. The predicted octanol–water partition coefficient (Wildman–Crippen LogP) is 5.56. The van der Waals surface area contributed by atoms with E-state index in [0.29, 0.717) is 36.6 Å². The molecule has 0 amide bonds. The zero-order valence-electron chi connectivity index (χ0n) is 23.6. The van der Waals surface area contributed by atoms with Gasteiger partial charge in [-0.1, -0.05) is 72.4 Å². The molecule has 4 aromatic rings. The van der Waals surface area contributed by atoms with Crippen molar-refractivity contribution in [1.82, 2.24) is 15.0 Å². The zero-order chi connectivity index (χ0) is 30.6. The second kappa shape index (κ2) is 12.5. The number of nitrogens with zero attached hydrogens (tertiary/aromatic N) is 3. The van der Waals surface area contributed by atoms with Gasteiger partial charge in [-0.05, 0) is 48.6 Å². The van der Waals surface area contributed by atoms with Gasteiger partial charge in [0.1, 0.15) is 5.82 Å². The topological polar surface area (TPSA) is 123 Å². The lowest BCUT2D eigenvalue weighted by Crippen LogP contribution is -2.49. The largest absolute Gasteiger partial charge is 0.480 e. The van der Waals surface area contributed by atoms with Gasteiger partial charge in [-0.15, -0.1) is 0 Å². The van der Waals surface area contributed by atoms with Crippen LogP contribution in [0.4, 0.5) is 4.39 Å². The minimum Gasteiger partial charge on any atom is -0.480 e. The van der Waals surface area contributed by atoms with Gasteiger partial charge in [0.05, 0.1) is 0 Å². The number of ketones is 1. The summed E-state index contributed by atoms with van der Waals surface area (Å²) < 4.78 is 25.3. The molecule has 1 saturated heterocycles. The molecule has 1 aliphatic rings. The van der Waals surface area contributed by atoms with E-state index in [2.05, 4.69) is 21.6 Å². The van der Waals surface area contributed by atoms with Gasteiger partial charge in [0.2, 0.25) is 5.82 Å². The molecule has 0 unspecified atom stereocenters. The highest BCUT2D eigenvalue weighted by Gasteiger charge is 2.49. The lowest BCUT2D eigenvalue weighted by atomic mass is 9.78. The number of hydrogen-bond donors (Lipinski definition) is 1. The molecule has 9 nitrogen and oxygen atoms in total. The Kier molecular flexibility index (Phi) is 8.58. The van der Waals surface area contributed by atoms with Crippen molar-refractivity contribution < 1.29 is 33.1 Å². The molecule has 220 valence electrons. The summed E-state index contributed by atoms with van der Waals surface area (Å²) in [4.78, 5) is 43.0. The Morgan fingerprint density at radius 1 is 1.00 bits per heavy atom. The van der Waals surface area contributed by atoms with Crippen LogP contribution in [-0.2, 0) is 25.7 Å². The van der Waals surface area contributed by atoms with E-state index < -0.39 is 29.7 Å². The molecule has 0 bridgehead atoms. The van der Waals surface area contributed by atoms with Crippen LogP contribution in [0.3, 0.4) is 0 Å². The molecule has 1 aromatic heterocycles. The highest BCUT2D eigenvalue weighted by Crippen LogP contribution is 2.34. The Bertz CT molecular complexity index is 1660. The standard InChI is InChI=1S/C33H30FN3O6/c1-21(2)28(38)20-42-32(41)33(31(39)40)14-16-37(17-15-33)19-22-8-10-24(11-9-22)29-35-30(43-36-29)25-12-13-26(27(34)18-25)23-6-4-3-5-7-23/h3-13,18H,1,14-17,19-20H2,2H3,(H,39,40). The first-order valence-electron chi connectivity index (χ1n) is 13.8. The van der Waals surface area contributed by atoms with Crippen LogP contribution in [0.2, 0.25) is 0 Å². The number of piperidine rings is 1. The van der Waals surface area contributed by atoms with Crippen molar-refractivity contribution in [2.75, 3.05) is 19.7 Å². The quantitative estimate of drug-likeness (QED) is 0.145. The monoisotopic (exact) mass is 583 g/mol. The van der Waals surface area contributed by atoms with Gasteiger partial charge in [0.25, 0.3) is 5.89 Å². The number of carbonyl (C=O) groups is 3. The number of esters is 1. The molecule has 0 aliphatic carbocycles. The smallest absolute Gasteiger partial charge is 0.324 e. The van der Waals surface area contributed by atoms with Crippen LogP contribution in [0.1, 0.15) is 25.3 Å². The SMILES string of the molecule is C=C(C)C(=O)COC(=O)C1(C(=O)O)CCN(Cc2ccc(-c3noc(-c4ccc(-c5ccccc5)c(F)c4)n3)cc2)CC1. The summed E-state index contributed by atoms with van der Waals surface area (Å²) in [5.74, 6) is -2.41. The number of carboxylic acids is 1. The van der Waals surface area contributed by atoms with Gasteiger partial charge in [-0.25, -0.2) is 4.39 Å². The van der Waals surface area contributed by atoms with E-state index in [1.54, 1.807) is 12.1 Å². The lowest BCUT2D eigenvalue weighted by molar-refractivity contribution is -0.173. The molecule has 5 rings (SSSR count). The number of ether oxygens (including phenoxy) is 1. The molecule has 0 saturated carbocycles. The summed E-state index contributed by atoms with van der Waals surface area (Å²) in [6.07, 6.45) is 0.137. The van der Waals surface area contributed by atoms with E-state index >= 15 is 0 Å². The van der Waals surface area contributed by atoms with Crippen molar-refractivity contribution in [1.29, 1.82) is 0 Å². The van der Waals surface area contributed by atoms with Crippen LogP contribution >= 0.6 is 0 Å².